The summed E-state index contributed by atoms with van der Waals surface area (Å²) in [6, 6.07) is 7.02. The Labute approximate surface area is 110 Å². The lowest BCUT2D eigenvalue weighted by molar-refractivity contribution is 0.579. The van der Waals surface area contributed by atoms with Crippen molar-refractivity contribution in [2.24, 2.45) is 0 Å². The Hall–Kier alpha value is -1.31. The lowest BCUT2D eigenvalue weighted by Crippen LogP contribution is -2.24. The fourth-order valence-corrected chi connectivity index (χ4v) is 2.68. The van der Waals surface area contributed by atoms with Gasteiger partial charge in [0.1, 0.15) is 0 Å². The molecule has 0 bridgehead atoms. The largest absolute Gasteiger partial charge is 0.240 e. The highest BCUT2D eigenvalue weighted by Gasteiger charge is 2.12. The molecule has 0 amide bonds. The zero-order chi connectivity index (χ0) is 13.4. The van der Waals surface area contributed by atoms with Gasteiger partial charge < -0.3 is 0 Å². The van der Waals surface area contributed by atoms with Crippen LogP contribution in [0.5, 0.6) is 0 Å². The van der Waals surface area contributed by atoms with Gasteiger partial charge in [0.15, 0.2) is 0 Å². The first kappa shape index (κ1) is 14.7. The highest BCUT2D eigenvalue weighted by atomic mass is 32.2. The number of hydrogen-bond donors (Lipinski definition) is 1. The average molecular weight is 265 g/mol. The lowest BCUT2D eigenvalue weighted by atomic mass is 10.1. The van der Waals surface area contributed by atoms with Crippen molar-refractivity contribution < 1.29 is 8.42 Å². The van der Waals surface area contributed by atoms with Gasteiger partial charge >= 0.3 is 0 Å². The number of nitrogens with one attached hydrogen (secondary N) is 1. The molecular formula is C14H19NO2S. The van der Waals surface area contributed by atoms with Crippen LogP contribution in [0.4, 0.5) is 0 Å². The topological polar surface area (TPSA) is 46.2 Å². The molecule has 0 fully saturated rings. The van der Waals surface area contributed by atoms with Crippen molar-refractivity contribution in [1.29, 1.82) is 0 Å². The van der Waals surface area contributed by atoms with Crippen molar-refractivity contribution in [2.75, 3.05) is 6.54 Å². The van der Waals surface area contributed by atoms with Crippen LogP contribution in [0.2, 0.25) is 0 Å². The number of aryl methyl sites for hydroxylation is 1. The van der Waals surface area contributed by atoms with Gasteiger partial charge in [-0.05, 0) is 30.5 Å². The predicted molar refractivity (Wildman–Crippen MR) is 73.7 cm³/mol. The van der Waals surface area contributed by atoms with Gasteiger partial charge in [-0.3, -0.25) is 0 Å². The minimum atomic E-state index is -3.39. The third-order valence-electron chi connectivity index (χ3n) is 2.56. The Morgan fingerprint density at radius 2 is 1.94 bits per heavy atom. The molecule has 18 heavy (non-hydrogen) atoms. The van der Waals surface area contributed by atoms with Gasteiger partial charge in [0.2, 0.25) is 10.0 Å². The summed E-state index contributed by atoms with van der Waals surface area (Å²) in [5.74, 6) is 2.48. The number of sulfonamides is 1. The van der Waals surface area contributed by atoms with Crippen LogP contribution in [-0.4, -0.2) is 15.0 Å². The van der Waals surface area contributed by atoms with Gasteiger partial charge in [0.25, 0.3) is 0 Å². The van der Waals surface area contributed by atoms with Gasteiger partial charge in [0, 0.05) is 13.0 Å². The molecule has 1 N–H and O–H groups in total. The molecule has 3 nitrogen and oxygen atoms in total. The van der Waals surface area contributed by atoms with E-state index >= 15 is 0 Å². The molecule has 0 saturated heterocycles. The normalized spacial score (nSPS) is 11.1. The molecule has 0 radical (unpaired) electrons. The maximum absolute atomic E-state index is 11.9. The average Bonchev–Trinajstić information content (AvgIpc) is 2.36. The van der Waals surface area contributed by atoms with Crippen molar-refractivity contribution in [1.82, 2.24) is 4.72 Å². The van der Waals surface area contributed by atoms with Gasteiger partial charge in [0.05, 0.1) is 4.90 Å². The first-order valence-electron chi connectivity index (χ1n) is 6.12. The molecule has 1 aromatic carbocycles. The van der Waals surface area contributed by atoms with E-state index < -0.39 is 10.0 Å². The Morgan fingerprint density at radius 3 is 2.50 bits per heavy atom. The lowest BCUT2D eigenvalue weighted by Gasteiger charge is -2.06. The third kappa shape index (κ3) is 4.52. The van der Waals surface area contributed by atoms with Gasteiger partial charge in [-0.2, -0.15) is 0 Å². The van der Waals surface area contributed by atoms with Crippen molar-refractivity contribution >= 4 is 10.0 Å². The summed E-state index contributed by atoms with van der Waals surface area (Å²) in [5.41, 5.74) is 1.16. The molecule has 0 aliphatic heterocycles. The van der Waals surface area contributed by atoms with Gasteiger partial charge in [-0.15, -0.1) is 12.3 Å². The number of unbranched alkanes of at least 4 members (excludes halogenated alkanes) is 1. The second-order valence-electron chi connectivity index (χ2n) is 4.10. The Kier molecular flexibility index (Phi) is 5.90. The van der Waals surface area contributed by atoms with E-state index in [1.54, 1.807) is 12.1 Å². The van der Waals surface area contributed by atoms with E-state index in [4.69, 9.17) is 6.42 Å². The van der Waals surface area contributed by atoms with Crippen molar-refractivity contribution in [3.05, 3.63) is 29.8 Å². The third-order valence-corrected chi connectivity index (χ3v) is 4.04. The van der Waals surface area contributed by atoms with Gasteiger partial charge in [-0.25, -0.2) is 13.1 Å². The molecule has 1 aromatic rings. The van der Waals surface area contributed by atoms with Crippen molar-refractivity contribution in [3.8, 4) is 12.3 Å². The van der Waals surface area contributed by atoms with Crippen LogP contribution >= 0.6 is 0 Å². The van der Waals surface area contributed by atoms with Crippen LogP contribution < -0.4 is 4.72 Å². The summed E-state index contributed by atoms with van der Waals surface area (Å²) in [7, 11) is -3.39. The van der Waals surface area contributed by atoms with Gasteiger partial charge in [-0.1, -0.05) is 25.5 Å². The molecule has 0 atom stereocenters. The van der Waals surface area contributed by atoms with Crippen LogP contribution in [0.15, 0.2) is 29.2 Å². The molecule has 98 valence electrons. The maximum Gasteiger partial charge on any atom is 0.240 e. The molecule has 4 heteroatoms. The summed E-state index contributed by atoms with van der Waals surface area (Å²) >= 11 is 0. The summed E-state index contributed by atoms with van der Waals surface area (Å²) in [6.07, 6.45) is 8.37. The minimum absolute atomic E-state index is 0.308. The number of benzene rings is 1. The van der Waals surface area contributed by atoms with E-state index in [0.717, 1.165) is 18.4 Å². The predicted octanol–water partition coefficient (Wildman–Crippen LogP) is 2.33. The van der Waals surface area contributed by atoms with Crippen LogP contribution in [0.3, 0.4) is 0 Å². The molecule has 0 spiro atoms. The standard InChI is InChI=1S/C14H19NO2S/c1-3-5-6-12-15-18(16,17)14-10-8-13(7-4-2)9-11-14/h1,8-11,15H,4-7,12H2,2H3. The van der Waals surface area contributed by atoms with E-state index in [2.05, 4.69) is 17.6 Å². The van der Waals surface area contributed by atoms with Crippen molar-refractivity contribution in [2.45, 2.75) is 37.5 Å². The molecule has 1 rings (SSSR count). The summed E-state index contributed by atoms with van der Waals surface area (Å²) in [5, 5.41) is 0. The van der Waals surface area contributed by atoms with E-state index in [1.807, 2.05) is 12.1 Å². The quantitative estimate of drug-likeness (QED) is 0.607. The highest BCUT2D eigenvalue weighted by molar-refractivity contribution is 7.89. The van der Waals surface area contributed by atoms with E-state index in [-0.39, 0.29) is 0 Å². The maximum atomic E-state index is 11.9. The Balaban J connectivity index is 2.64. The molecule has 0 heterocycles. The van der Waals surface area contributed by atoms with E-state index in [0.29, 0.717) is 24.3 Å². The highest BCUT2D eigenvalue weighted by Crippen LogP contribution is 2.11. The zero-order valence-corrected chi connectivity index (χ0v) is 11.5. The van der Waals surface area contributed by atoms with Crippen molar-refractivity contribution in [3.63, 3.8) is 0 Å². The number of hydrogen-bond acceptors (Lipinski definition) is 2. The Morgan fingerprint density at radius 1 is 1.28 bits per heavy atom. The fourth-order valence-electron chi connectivity index (χ4n) is 1.60. The minimum Gasteiger partial charge on any atom is -0.211 e. The summed E-state index contributed by atoms with van der Waals surface area (Å²) in [4.78, 5) is 0.308. The fraction of sp³-hybridized carbons (Fsp3) is 0.429. The van der Waals surface area contributed by atoms with E-state index in [1.165, 1.54) is 0 Å². The second kappa shape index (κ2) is 7.20. The smallest absolute Gasteiger partial charge is 0.211 e. The van der Waals surface area contributed by atoms with Crippen LogP contribution in [0.25, 0.3) is 0 Å². The molecule has 0 aliphatic carbocycles. The van der Waals surface area contributed by atoms with E-state index in [9.17, 15) is 8.42 Å². The van der Waals surface area contributed by atoms with Crippen LogP contribution in [0.1, 0.15) is 31.7 Å². The first-order chi connectivity index (χ1) is 8.60. The van der Waals surface area contributed by atoms with Crippen LogP contribution in [0, 0.1) is 12.3 Å². The SMILES string of the molecule is C#CCCCNS(=O)(=O)c1ccc(CCC)cc1. The zero-order valence-electron chi connectivity index (χ0n) is 10.6. The number of rotatable bonds is 7. The Bertz CT molecular complexity index is 498. The molecule has 0 unspecified atom stereocenters. The molecule has 0 aromatic heterocycles. The first-order valence-corrected chi connectivity index (χ1v) is 7.60. The van der Waals surface area contributed by atoms with Crippen LogP contribution in [-0.2, 0) is 16.4 Å². The summed E-state index contributed by atoms with van der Waals surface area (Å²) < 4.78 is 26.3. The molecular weight excluding hydrogens is 246 g/mol. The summed E-state index contributed by atoms with van der Waals surface area (Å²) in [6.45, 7) is 2.47. The second-order valence-corrected chi connectivity index (χ2v) is 5.87. The molecule has 0 aliphatic rings. The molecule has 0 saturated carbocycles. The monoisotopic (exact) mass is 265 g/mol. The number of terminal acetylenes is 1.